The van der Waals surface area contributed by atoms with E-state index in [2.05, 4.69) is 26.2 Å². The molecule has 0 bridgehead atoms. The summed E-state index contributed by atoms with van der Waals surface area (Å²) in [5.41, 5.74) is -0.744. The maximum absolute atomic E-state index is 13.7. The van der Waals surface area contributed by atoms with Crippen LogP contribution in [0, 0.1) is 17.8 Å². The number of rotatable bonds is 19. The minimum Gasteiger partial charge on any atom is -0.444 e. The summed E-state index contributed by atoms with van der Waals surface area (Å²) in [7, 11) is 2.02. The number of ether oxygens (including phenoxy) is 1. The molecule has 0 aromatic carbocycles. The Kier molecular flexibility index (Phi) is 19.6. The highest BCUT2D eigenvalue weighted by Gasteiger charge is 2.34. The maximum atomic E-state index is 13.7. The van der Waals surface area contributed by atoms with E-state index >= 15 is 0 Å². The Balaban J connectivity index is 3.01. The van der Waals surface area contributed by atoms with E-state index < -0.39 is 59.7 Å². The summed E-state index contributed by atoms with van der Waals surface area (Å²) in [6, 6.07) is -3.17. The van der Waals surface area contributed by atoms with Crippen LogP contribution in [-0.4, -0.2) is 126 Å². The van der Waals surface area contributed by atoms with Gasteiger partial charge in [0.25, 0.3) is 0 Å². The van der Waals surface area contributed by atoms with Crippen molar-refractivity contribution in [1.82, 2.24) is 31.1 Å². The summed E-state index contributed by atoms with van der Waals surface area (Å²) in [6.45, 7) is 19.2. The van der Waals surface area contributed by atoms with Gasteiger partial charge in [0.1, 0.15) is 23.7 Å². The Hall–Kier alpha value is -2.58. The number of piperazine rings is 1. The number of hydrogen-bond acceptors (Lipinski definition) is 9. The number of hydrogen-bond donors (Lipinski definition) is 5. The summed E-state index contributed by atoms with van der Waals surface area (Å²) in [4.78, 5) is 70.1. The van der Waals surface area contributed by atoms with Crippen molar-refractivity contribution in [2.24, 2.45) is 17.8 Å². The highest BCUT2D eigenvalue weighted by Crippen LogP contribution is 2.18. The van der Waals surface area contributed by atoms with Gasteiger partial charge in [-0.25, -0.2) is 4.79 Å². The van der Waals surface area contributed by atoms with Gasteiger partial charge in [0.15, 0.2) is 0 Å². The van der Waals surface area contributed by atoms with Crippen LogP contribution in [0.4, 0.5) is 4.79 Å². The first-order valence-electron chi connectivity index (χ1n) is 17.8. The molecule has 1 rings (SSSR count). The number of alkyl carbamates (subject to hydrolysis) is 1. The first-order valence-corrected chi connectivity index (χ1v) is 19.2. The molecule has 5 N–H and O–H groups in total. The molecule has 284 valence electrons. The molecule has 0 aromatic heterocycles. The number of aliphatic hydroxyl groups is 1. The molecule has 0 spiro atoms. The molecule has 13 nitrogen and oxygen atoms in total. The molecule has 1 saturated heterocycles. The molecular formula is C35H66N6O7S. The van der Waals surface area contributed by atoms with Gasteiger partial charge < -0.3 is 40.9 Å². The number of likely N-dealkylation sites (N-methyl/N-ethyl adjacent to an activating group) is 1. The van der Waals surface area contributed by atoms with Gasteiger partial charge in [0.2, 0.25) is 23.6 Å². The highest BCUT2D eigenvalue weighted by atomic mass is 32.2. The highest BCUT2D eigenvalue weighted by molar-refractivity contribution is 7.98. The van der Waals surface area contributed by atoms with Crippen LogP contribution < -0.4 is 21.3 Å². The third-order valence-corrected chi connectivity index (χ3v) is 9.08. The zero-order chi connectivity index (χ0) is 37.5. The molecule has 1 aliphatic rings. The normalized spacial score (nSPS) is 17.8. The van der Waals surface area contributed by atoms with E-state index in [1.807, 2.05) is 34.1 Å². The summed E-state index contributed by atoms with van der Waals surface area (Å²) in [5.74, 6) is -1.58. The predicted molar refractivity (Wildman–Crippen MR) is 195 cm³/mol. The van der Waals surface area contributed by atoms with Gasteiger partial charge >= 0.3 is 6.09 Å². The number of thioether (sulfide) groups is 1. The van der Waals surface area contributed by atoms with Gasteiger partial charge in [0, 0.05) is 32.1 Å². The Bertz CT molecular complexity index is 1060. The second-order valence-electron chi connectivity index (χ2n) is 15.1. The number of nitrogens with one attached hydrogen (secondary N) is 4. The fourth-order valence-corrected chi connectivity index (χ4v) is 6.05. The van der Waals surface area contributed by atoms with Crippen molar-refractivity contribution < 1.29 is 33.8 Å². The Morgan fingerprint density at radius 2 is 1.41 bits per heavy atom. The molecule has 14 heteroatoms. The average Bonchev–Trinajstić information content (AvgIpc) is 2.99. The van der Waals surface area contributed by atoms with E-state index in [4.69, 9.17) is 4.74 Å². The monoisotopic (exact) mass is 714 g/mol. The number of amides is 5. The quantitative estimate of drug-likeness (QED) is 0.135. The fourth-order valence-electron chi connectivity index (χ4n) is 5.58. The number of nitrogens with zero attached hydrogens (tertiary/aromatic N) is 2. The lowest BCUT2D eigenvalue weighted by molar-refractivity contribution is -0.139. The van der Waals surface area contributed by atoms with Gasteiger partial charge in [-0.3, -0.25) is 19.2 Å². The molecule has 6 atom stereocenters. The van der Waals surface area contributed by atoms with Gasteiger partial charge in [-0.1, -0.05) is 48.0 Å². The van der Waals surface area contributed by atoms with Crippen molar-refractivity contribution in [3.63, 3.8) is 0 Å². The lowest BCUT2D eigenvalue weighted by Crippen LogP contribution is -2.58. The standard InChI is InChI=1S/C35H66N6O7S/c1-12-13-26(33(46)41-17-15-40(10)16-18-41)37-30(43)24(6)21-28(42)27(20-22(2)3)38-31(44)25(14-19-49-11)36-32(45)29(23(4)5)39-34(47)48-35(7,8)9/h22-29,42H,12-21H2,1-11H3,(H,36,45)(H,37,43)(H,38,44)(H,39,47)/t24-,25+,26+,27+,28+,29+/m1/s1. The van der Waals surface area contributed by atoms with Crippen LogP contribution in [0.1, 0.15) is 94.4 Å². The van der Waals surface area contributed by atoms with E-state index in [1.165, 1.54) is 11.8 Å². The zero-order valence-corrected chi connectivity index (χ0v) is 32.7. The van der Waals surface area contributed by atoms with Crippen LogP contribution in [0.3, 0.4) is 0 Å². The molecule has 0 aliphatic carbocycles. The summed E-state index contributed by atoms with van der Waals surface area (Å²) < 4.78 is 5.34. The molecule has 0 unspecified atom stereocenters. The van der Waals surface area contributed by atoms with Crippen molar-refractivity contribution in [1.29, 1.82) is 0 Å². The van der Waals surface area contributed by atoms with Crippen LogP contribution in [0.5, 0.6) is 0 Å². The van der Waals surface area contributed by atoms with Crippen molar-refractivity contribution >= 4 is 41.5 Å². The van der Waals surface area contributed by atoms with Crippen molar-refractivity contribution in [2.45, 2.75) is 130 Å². The Morgan fingerprint density at radius 3 is 1.92 bits per heavy atom. The summed E-state index contributed by atoms with van der Waals surface area (Å²) in [6.07, 6.45) is 2.22. The van der Waals surface area contributed by atoms with Gasteiger partial charge in [-0.05, 0) is 77.3 Å². The Labute approximate surface area is 299 Å². The fraction of sp³-hybridized carbons (Fsp3) is 0.857. The summed E-state index contributed by atoms with van der Waals surface area (Å²) in [5, 5.41) is 22.7. The Morgan fingerprint density at radius 1 is 0.816 bits per heavy atom. The topological polar surface area (TPSA) is 169 Å². The third kappa shape index (κ3) is 16.8. The van der Waals surface area contributed by atoms with E-state index in [0.717, 1.165) is 19.5 Å². The molecule has 1 fully saturated rings. The van der Waals surface area contributed by atoms with E-state index in [1.54, 1.807) is 46.4 Å². The van der Waals surface area contributed by atoms with Gasteiger partial charge in [-0.2, -0.15) is 11.8 Å². The van der Waals surface area contributed by atoms with E-state index in [-0.39, 0.29) is 30.1 Å². The van der Waals surface area contributed by atoms with Crippen molar-refractivity contribution in [3.05, 3.63) is 0 Å². The lowest BCUT2D eigenvalue weighted by Gasteiger charge is -2.35. The number of aliphatic hydroxyl groups excluding tert-OH is 1. The van der Waals surface area contributed by atoms with Crippen LogP contribution in [-0.2, 0) is 23.9 Å². The third-order valence-electron chi connectivity index (χ3n) is 8.43. The van der Waals surface area contributed by atoms with Crippen molar-refractivity contribution in [2.75, 3.05) is 45.2 Å². The van der Waals surface area contributed by atoms with Crippen LogP contribution in [0.15, 0.2) is 0 Å². The molecule has 1 aliphatic heterocycles. The maximum Gasteiger partial charge on any atom is 0.408 e. The second-order valence-corrected chi connectivity index (χ2v) is 16.1. The largest absolute Gasteiger partial charge is 0.444 e. The van der Waals surface area contributed by atoms with Crippen molar-refractivity contribution in [3.8, 4) is 0 Å². The van der Waals surface area contributed by atoms with E-state index in [9.17, 15) is 29.1 Å². The van der Waals surface area contributed by atoms with Gasteiger partial charge in [-0.15, -0.1) is 0 Å². The molecule has 5 amide bonds. The smallest absolute Gasteiger partial charge is 0.408 e. The first kappa shape index (κ1) is 44.4. The molecule has 0 saturated carbocycles. The molecular weight excluding hydrogens is 648 g/mol. The SMILES string of the molecule is CCC[C@H](NC(=O)[C@H](C)C[C@H](O)[C@H](CC(C)C)NC(=O)[C@H](CCSC)NC(=O)[C@@H](NC(=O)OC(C)(C)C)C(C)C)C(=O)N1CCN(C)CC1. The second kappa shape index (κ2) is 21.6. The molecule has 0 radical (unpaired) electrons. The number of carbonyl (C=O) groups is 5. The first-order chi connectivity index (χ1) is 22.8. The van der Waals surface area contributed by atoms with E-state index in [0.29, 0.717) is 38.1 Å². The lowest BCUT2D eigenvalue weighted by atomic mass is 9.92. The van der Waals surface area contributed by atoms with Crippen LogP contribution in [0.2, 0.25) is 0 Å². The predicted octanol–water partition coefficient (Wildman–Crippen LogP) is 2.75. The number of carbonyl (C=O) groups excluding carboxylic acids is 5. The van der Waals surface area contributed by atoms with Gasteiger partial charge in [0.05, 0.1) is 12.1 Å². The summed E-state index contributed by atoms with van der Waals surface area (Å²) >= 11 is 1.53. The minimum atomic E-state index is -1.06. The molecule has 1 heterocycles. The minimum absolute atomic E-state index is 0.0715. The van der Waals surface area contributed by atoms with Crippen LogP contribution >= 0.6 is 11.8 Å². The molecule has 0 aromatic rings. The average molecular weight is 715 g/mol. The molecule has 49 heavy (non-hydrogen) atoms. The van der Waals surface area contributed by atoms with Crippen LogP contribution in [0.25, 0.3) is 0 Å². The zero-order valence-electron chi connectivity index (χ0n) is 31.9.